The van der Waals surface area contributed by atoms with Crippen LogP contribution in [-0.4, -0.2) is 45.0 Å². The van der Waals surface area contributed by atoms with Crippen LogP contribution in [0, 0.1) is 0 Å². The van der Waals surface area contributed by atoms with E-state index in [0.717, 1.165) is 19.2 Å². The third kappa shape index (κ3) is 3.56. The van der Waals surface area contributed by atoms with Crippen LogP contribution >= 0.6 is 0 Å². The number of fused-ring (bicyclic) bond motifs is 1. The summed E-state index contributed by atoms with van der Waals surface area (Å²) in [6.07, 6.45) is 2.09. The fraction of sp³-hybridized carbons (Fsp3) is 0.533. The number of carbonyl (C=O) groups is 1. The second-order valence-electron chi connectivity index (χ2n) is 5.64. The Morgan fingerprint density at radius 1 is 1.33 bits per heavy atom. The van der Waals surface area contributed by atoms with Gasteiger partial charge in [-0.1, -0.05) is 18.2 Å². The molecule has 0 saturated carbocycles. The first-order chi connectivity index (χ1) is 9.80. The summed E-state index contributed by atoms with van der Waals surface area (Å²) in [6.45, 7) is 4.82. The number of hydrogen-bond donors (Lipinski definition) is 1. The predicted octanol–water partition coefficient (Wildman–Crippen LogP) is 0.987. The topological polar surface area (TPSA) is 66.5 Å². The van der Waals surface area contributed by atoms with Gasteiger partial charge in [0.1, 0.15) is 5.25 Å². The van der Waals surface area contributed by atoms with E-state index in [1.165, 1.54) is 18.2 Å². The van der Waals surface area contributed by atoms with Crippen LogP contribution in [0.2, 0.25) is 0 Å². The maximum Gasteiger partial charge on any atom is 0.238 e. The van der Waals surface area contributed by atoms with Gasteiger partial charge in [-0.2, -0.15) is 0 Å². The van der Waals surface area contributed by atoms with Crippen molar-refractivity contribution in [2.45, 2.75) is 31.6 Å². The molecule has 0 aromatic heterocycles. The first-order valence-electron chi connectivity index (χ1n) is 7.12. The number of rotatable bonds is 5. The van der Waals surface area contributed by atoms with E-state index in [2.05, 4.69) is 22.3 Å². The van der Waals surface area contributed by atoms with E-state index in [1.54, 1.807) is 0 Å². The highest BCUT2D eigenvalue weighted by atomic mass is 32.2. The van der Waals surface area contributed by atoms with Gasteiger partial charge in [0, 0.05) is 31.1 Å². The summed E-state index contributed by atoms with van der Waals surface area (Å²) >= 11 is 0. The SMILES string of the molecule is CC(CNC(=O)C(C)S(C)(=O)=O)N1CCc2ccccc21. The molecule has 21 heavy (non-hydrogen) atoms. The van der Waals surface area contributed by atoms with Gasteiger partial charge in [0.05, 0.1) is 0 Å². The van der Waals surface area contributed by atoms with Crippen molar-refractivity contribution < 1.29 is 13.2 Å². The van der Waals surface area contributed by atoms with E-state index in [1.807, 2.05) is 19.1 Å². The lowest BCUT2D eigenvalue weighted by Gasteiger charge is -2.27. The highest BCUT2D eigenvalue weighted by Crippen LogP contribution is 2.28. The standard InChI is InChI=1S/C15H22N2O3S/c1-11(10-16-15(18)12(2)21(3,19)20)17-9-8-13-6-4-5-7-14(13)17/h4-7,11-12H,8-10H2,1-3H3,(H,16,18). The molecule has 1 aromatic rings. The fourth-order valence-electron chi connectivity index (χ4n) is 2.52. The molecule has 1 amide bonds. The fourth-order valence-corrected chi connectivity index (χ4v) is 2.99. The molecular formula is C15H22N2O3S. The van der Waals surface area contributed by atoms with Crippen LogP contribution in [0.25, 0.3) is 0 Å². The van der Waals surface area contributed by atoms with Gasteiger partial charge in [-0.05, 0) is 31.9 Å². The highest BCUT2D eigenvalue weighted by molar-refractivity contribution is 7.92. The Morgan fingerprint density at radius 2 is 2.00 bits per heavy atom. The van der Waals surface area contributed by atoms with Crippen molar-refractivity contribution in [3.8, 4) is 0 Å². The van der Waals surface area contributed by atoms with Crippen molar-refractivity contribution in [1.29, 1.82) is 0 Å². The van der Waals surface area contributed by atoms with Gasteiger partial charge in [0.25, 0.3) is 0 Å². The first-order valence-corrected chi connectivity index (χ1v) is 9.07. The molecule has 0 fully saturated rings. The summed E-state index contributed by atoms with van der Waals surface area (Å²) in [6, 6.07) is 8.37. The zero-order valence-electron chi connectivity index (χ0n) is 12.7. The van der Waals surface area contributed by atoms with Gasteiger partial charge in [-0.15, -0.1) is 0 Å². The number of nitrogens with zero attached hydrogens (tertiary/aromatic N) is 1. The number of carbonyl (C=O) groups excluding carboxylic acids is 1. The number of amides is 1. The lowest BCUT2D eigenvalue weighted by molar-refractivity contribution is -0.120. The minimum absolute atomic E-state index is 0.129. The summed E-state index contributed by atoms with van der Waals surface area (Å²) < 4.78 is 22.7. The number of anilines is 1. The summed E-state index contributed by atoms with van der Waals surface area (Å²) in [5.41, 5.74) is 2.52. The Balaban J connectivity index is 1.95. The molecule has 116 valence electrons. The summed E-state index contributed by atoms with van der Waals surface area (Å²) in [5, 5.41) is 1.73. The molecule has 1 aliphatic heterocycles. The molecule has 2 atom stereocenters. The average molecular weight is 310 g/mol. The quantitative estimate of drug-likeness (QED) is 0.880. The number of para-hydroxylation sites is 1. The number of nitrogens with one attached hydrogen (secondary N) is 1. The molecule has 1 N–H and O–H groups in total. The van der Waals surface area contributed by atoms with Crippen molar-refractivity contribution in [3.63, 3.8) is 0 Å². The van der Waals surface area contributed by atoms with Gasteiger partial charge in [0.15, 0.2) is 9.84 Å². The molecule has 0 spiro atoms. The van der Waals surface area contributed by atoms with Crippen LogP contribution in [0.4, 0.5) is 5.69 Å². The second kappa shape index (κ2) is 6.05. The first kappa shape index (κ1) is 15.8. The molecule has 1 aromatic carbocycles. The van der Waals surface area contributed by atoms with Crippen LogP contribution in [-0.2, 0) is 21.1 Å². The Bertz CT molecular complexity index is 628. The van der Waals surface area contributed by atoms with Gasteiger partial charge >= 0.3 is 0 Å². The maximum atomic E-state index is 11.8. The van der Waals surface area contributed by atoms with Gasteiger partial charge < -0.3 is 10.2 Å². The molecule has 2 rings (SSSR count). The minimum atomic E-state index is -3.34. The third-order valence-corrected chi connectivity index (χ3v) is 5.54. The minimum Gasteiger partial charge on any atom is -0.366 e. The molecule has 0 aliphatic carbocycles. The number of sulfone groups is 1. The van der Waals surface area contributed by atoms with Gasteiger partial charge in [0.2, 0.25) is 5.91 Å². The summed E-state index contributed by atoms with van der Waals surface area (Å²) in [4.78, 5) is 14.1. The van der Waals surface area contributed by atoms with E-state index in [0.29, 0.717) is 6.54 Å². The van der Waals surface area contributed by atoms with Crippen molar-refractivity contribution in [2.75, 3.05) is 24.2 Å². The summed E-state index contributed by atoms with van der Waals surface area (Å²) in [7, 11) is -3.34. The molecule has 0 bridgehead atoms. The van der Waals surface area contributed by atoms with Crippen LogP contribution in [0.15, 0.2) is 24.3 Å². The molecule has 5 nitrogen and oxygen atoms in total. The molecule has 1 aliphatic rings. The maximum absolute atomic E-state index is 11.8. The van der Waals surface area contributed by atoms with Crippen molar-refractivity contribution in [3.05, 3.63) is 29.8 Å². The largest absolute Gasteiger partial charge is 0.366 e. The highest BCUT2D eigenvalue weighted by Gasteiger charge is 2.26. The molecule has 0 radical (unpaired) electrons. The Kier molecular flexibility index (Phi) is 4.56. The Morgan fingerprint density at radius 3 is 2.67 bits per heavy atom. The van der Waals surface area contributed by atoms with Crippen LogP contribution in [0.3, 0.4) is 0 Å². The molecule has 6 heteroatoms. The van der Waals surface area contributed by atoms with E-state index in [9.17, 15) is 13.2 Å². The van der Waals surface area contributed by atoms with E-state index < -0.39 is 21.0 Å². The zero-order valence-corrected chi connectivity index (χ0v) is 13.5. The molecule has 1 heterocycles. The zero-order chi connectivity index (χ0) is 15.6. The van der Waals surface area contributed by atoms with Crippen LogP contribution < -0.4 is 10.2 Å². The van der Waals surface area contributed by atoms with Gasteiger partial charge in [-0.25, -0.2) is 8.42 Å². The van der Waals surface area contributed by atoms with E-state index >= 15 is 0 Å². The smallest absolute Gasteiger partial charge is 0.238 e. The number of benzene rings is 1. The summed E-state index contributed by atoms with van der Waals surface area (Å²) in [5.74, 6) is -0.433. The third-order valence-electron chi connectivity index (χ3n) is 4.04. The molecular weight excluding hydrogens is 288 g/mol. The van der Waals surface area contributed by atoms with E-state index in [4.69, 9.17) is 0 Å². The van der Waals surface area contributed by atoms with Crippen LogP contribution in [0.5, 0.6) is 0 Å². The van der Waals surface area contributed by atoms with Crippen molar-refractivity contribution in [1.82, 2.24) is 5.32 Å². The van der Waals surface area contributed by atoms with Crippen molar-refractivity contribution >= 4 is 21.4 Å². The molecule has 2 unspecified atom stereocenters. The average Bonchev–Trinajstić information content (AvgIpc) is 2.86. The lowest BCUT2D eigenvalue weighted by Crippen LogP contribution is -2.45. The van der Waals surface area contributed by atoms with E-state index in [-0.39, 0.29) is 6.04 Å². The van der Waals surface area contributed by atoms with Crippen molar-refractivity contribution in [2.24, 2.45) is 0 Å². The second-order valence-corrected chi connectivity index (χ2v) is 8.00. The van der Waals surface area contributed by atoms with Gasteiger partial charge in [-0.3, -0.25) is 4.79 Å². The molecule has 0 saturated heterocycles. The van der Waals surface area contributed by atoms with Crippen LogP contribution in [0.1, 0.15) is 19.4 Å². The normalized spacial score (nSPS) is 17.2. The Hall–Kier alpha value is -1.56. The lowest BCUT2D eigenvalue weighted by atomic mass is 10.2. The Labute approximate surface area is 126 Å². The monoisotopic (exact) mass is 310 g/mol. The number of hydrogen-bond acceptors (Lipinski definition) is 4. The predicted molar refractivity (Wildman–Crippen MR) is 84.3 cm³/mol.